The molecule has 1 aromatic carbocycles. The summed E-state index contributed by atoms with van der Waals surface area (Å²) >= 11 is 0. The van der Waals surface area contributed by atoms with Crippen molar-refractivity contribution < 1.29 is 14.4 Å². The number of pyridine rings is 1. The smallest absolute Gasteiger partial charge is 0.325 e. The molecule has 1 aliphatic heterocycles. The zero-order valence-electron chi connectivity index (χ0n) is 17.4. The number of para-hydroxylation sites is 1. The fraction of sp³-hybridized carbons (Fsp3) is 0.455. The zero-order valence-corrected chi connectivity index (χ0v) is 17.4. The van der Waals surface area contributed by atoms with Gasteiger partial charge in [-0.3, -0.25) is 9.69 Å². The molecule has 0 unspecified atom stereocenters. The van der Waals surface area contributed by atoms with E-state index in [1.807, 2.05) is 36.4 Å². The number of carbonyl (C=O) groups excluding carboxylic acids is 3. The van der Waals surface area contributed by atoms with Crippen LogP contribution < -0.4 is 21.3 Å². The number of rotatable bonds is 8. The molecule has 1 aliphatic carbocycles. The molecule has 2 aliphatic rings. The molecular weight excluding hydrogens is 396 g/mol. The standard InChI is InChI=1S/C22H28N6O3/c29-19-22(10-3-4-11-22)27-21(31)28(19)15-5-12-24-20(30)25-14-13-23-18-9-8-16-6-1-2-7-17(16)26-18/h1-2,6-9H,3-5,10-15H2,(H,23,26)(H,27,31)(H2,24,25,30). The molecule has 2 fully saturated rings. The Labute approximate surface area is 181 Å². The third-order valence-electron chi connectivity index (χ3n) is 5.86. The summed E-state index contributed by atoms with van der Waals surface area (Å²) in [6.45, 7) is 1.68. The lowest BCUT2D eigenvalue weighted by atomic mass is 9.98. The van der Waals surface area contributed by atoms with Gasteiger partial charge in [-0.2, -0.15) is 0 Å². The van der Waals surface area contributed by atoms with Gasteiger partial charge in [-0.15, -0.1) is 0 Å². The van der Waals surface area contributed by atoms with Crippen molar-refractivity contribution in [2.75, 3.05) is 31.5 Å². The maximum atomic E-state index is 12.6. The van der Waals surface area contributed by atoms with Gasteiger partial charge < -0.3 is 21.3 Å². The van der Waals surface area contributed by atoms with Gasteiger partial charge in [0.2, 0.25) is 0 Å². The zero-order chi connectivity index (χ0) is 21.7. The Morgan fingerprint density at radius 3 is 2.65 bits per heavy atom. The first-order valence-electron chi connectivity index (χ1n) is 10.8. The van der Waals surface area contributed by atoms with Gasteiger partial charge in [0.1, 0.15) is 11.4 Å². The minimum atomic E-state index is -0.672. The number of nitrogens with zero attached hydrogens (tertiary/aromatic N) is 2. The van der Waals surface area contributed by atoms with E-state index < -0.39 is 5.54 Å². The first-order valence-corrected chi connectivity index (χ1v) is 10.8. The highest BCUT2D eigenvalue weighted by Crippen LogP contribution is 2.34. The first kappa shape index (κ1) is 20.9. The highest BCUT2D eigenvalue weighted by Gasteiger charge is 2.51. The monoisotopic (exact) mass is 424 g/mol. The predicted octanol–water partition coefficient (Wildman–Crippen LogP) is 2.20. The Morgan fingerprint density at radius 2 is 1.81 bits per heavy atom. The van der Waals surface area contributed by atoms with E-state index in [2.05, 4.69) is 26.3 Å². The van der Waals surface area contributed by atoms with E-state index >= 15 is 0 Å². The van der Waals surface area contributed by atoms with E-state index in [9.17, 15) is 14.4 Å². The summed E-state index contributed by atoms with van der Waals surface area (Å²) in [6.07, 6.45) is 3.89. The van der Waals surface area contributed by atoms with Crippen molar-refractivity contribution in [3.05, 3.63) is 36.4 Å². The number of fused-ring (bicyclic) bond motifs is 1. The molecule has 9 nitrogen and oxygen atoms in total. The molecule has 0 bridgehead atoms. The van der Waals surface area contributed by atoms with Crippen molar-refractivity contribution in [2.24, 2.45) is 0 Å². The maximum Gasteiger partial charge on any atom is 0.325 e. The van der Waals surface area contributed by atoms with Crippen LogP contribution in [-0.2, 0) is 4.79 Å². The van der Waals surface area contributed by atoms with Crippen LogP contribution in [0.3, 0.4) is 0 Å². The molecule has 4 N–H and O–H groups in total. The van der Waals surface area contributed by atoms with Crippen LogP contribution >= 0.6 is 0 Å². The minimum Gasteiger partial charge on any atom is -0.368 e. The lowest BCUT2D eigenvalue weighted by molar-refractivity contribution is -0.131. The third-order valence-corrected chi connectivity index (χ3v) is 5.86. The predicted molar refractivity (Wildman–Crippen MR) is 118 cm³/mol. The van der Waals surface area contributed by atoms with Crippen molar-refractivity contribution in [3.8, 4) is 0 Å². The number of hydrogen-bond acceptors (Lipinski definition) is 5. The fourth-order valence-electron chi connectivity index (χ4n) is 4.23. The van der Waals surface area contributed by atoms with E-state index in [1.165, 1.54) is 4.90 Å². The normalized spacial score (nSPS) is 17.2. The van der Waals surface area contributed by atoms with Crippen molar-refractivity contribution in [1.82, 2.24) is 25.8 Å². The molecule has 2 aromatic rings. The summed E-state index contributed by atoms with van der Waals surface area (Å²) in [6, 6.07) is 11.2. The molecule has 164 valence electrons. The first-order chi connectivity index (χ1) is 15.1. The third kappa shape index (κ3) is 4.70. The van der Waals surface area contributed by atoms with Crippen LogP contribution in [0, 0.1) is 0 Å². The Kier molecular flexibility index (Phi) is 6.20. The number of benzene rings is 1. The second-order valence-electron chi connectivity index (χ2n) is 8.03. The summed E-state index contributed by atoms with van der Waals surface area (Å²) in [7, 11) is 0. The van der Waals surface area contributed by atoms with Gasteiger partial charge in [-0.05, 0) is 37.5 Å². The Bertz CT molecular complexity index is 973. The van der Waals surface area contributed by atoms with Gasteiger partial charge in [0.05, 0.1) is 5.52 Å². The molecule has 1 saturated carbocycles. The van der Waals surface area contributed by atoms with Crippen molar-refractivity contribution in [1.29, 1.82) is 0 Å². The van der Waals surface area contributed by atoms with E-state index in [0.29, 0.717) is 32.6 Å². The maximum absolute atomic E-state index is 12.6. The summed E-state index contributed by atoms with van der Waals surface area (Å²) < 4.78 is 0. The minimum absolute atomic E-state index is 0.118. The molecule has 1 spiro atoms. The second-order valence-corrected chi connectivity index (χ2v) is 8.03. The van der Waals surface area contributed by atoms with Gasteiger partial charge >= 0.3 is 12.1 Å². The van der Waals surface area contributed by atoms with Gasteiger partial charge in [0.15, 0.2) is 0 Å². The largest absolute Gasteiger partial charge is 0.368 e. The van der Waals surface area contributed by atoms with E-state index in [4.69, 9.17) is 0 Å². The number of hydrogen-bond donors (Lipinski definition) is 4. The topological polar surface area (TPSA) is 115 Å². The molecule has 9 heteroatoms. The number of imide groups is 1. The average Bonchev–Trinajstić information content (AvgIpc) is 3.34. The van der Waals surface area contributed by atoms with Crippen LogP contribution in [0.2, 0.25) is 0 Å². The molecule has 2 heterocycles. The van der Waals surface area contributed by atoms with E-state index in [0.717, 1.165) is 42.4 Å². The average molecular weight is 425 g/mol. The van der Waals surface area contributed by atoms with Crippen LogP contribution in [-0.4, -0.2) is 59.6 Å². The van der Waals surface area contributed by atoms with Crippen LogP contribution in [0.4, 0.5) is 15.4 Å². The highest BCUT2D eigenvalue weighted by atomic mass is 16.2. The number of carbonyl (C=O) groups is 3. The molecular formula is C22H28N6O3. The van der Waals surface area contributed by atoms with Crippen molar-refractivity contribution in [3.63, 3.8) is 0 Å². The Morgan fingerprint density at radius 1 is 1.03 bits per heavy atom. The fourth-order valence-corrected chi connectivity index (χ4v) is 4.23. The molecule has 31 heavy (non-hydrogen) atoms. The molecule has 4 rings (SSSR count). The van der Waals surface area contributed by atoms with Gasteiger partial charge in [0.25, 0.3) is 5.91 Å². The SMILES string of the molecule is O=C(NCCCN1C(=O)NC2(CCCC2)C1=O)NCCNc1ccc2ccccc2n1. The lowest BCUT2D eigenvalue weighted by Crippen LogP contribution is -2.44. The van der Waals surface area contributed by atoms with Gasteiger partial charge in [0, 0.05) is 31.6 Å². The molecule has 0 atom stereocenters. The van der Waals surface area contributed by atoms with E-state index in [1.54, 1.807) is 0 Å². The summed E-state index contributed by atoms with van der Waals surface area (Å²) in [5, 5.41) is 12.7. The number of anilines is 1. The van der Waals surface area contributed by atoms with E-state index in [-0.39, 0.29) is 18.0 Å². The summed E-state index contributed by atoms with van der Waals surface area (Å²) in [5.41, 5.74) is 0.247. The lowest BCUT2D eigenvalue weighted by Gasteiger charge is -2.20. The molecule has 1 saturated heterocycles. The summed E-state index contributed by atoms with van der Waals surface area (Å²) in [4.78, 5) is 42.4. The summed E-state index contributed by atoms with van der Waals surface area (Å²) in [5.74, 6) is 0.641. The number of aromatic nitrogens is 1. The van der Waals surface area contributed by atoms with Crippen molar-refractivity contribution >= 4 is 34.7 Å². The van der Waals surface area contributed by atoms with Crippen LogP contribution in [0.1, 0.15) is 32.1 Å². The number of urea groups is 2. The molecule has 1 aromatic heterocycles. The van der Waals surface area contributed by atoms with Crippen LogP contribution in [0.25, 0.3) is 10.9 Å². The van der Waals surface area contributed by atoms with Gasteiger partial charge in [-0.25, -0.2) is 14.6 Å². The quantitative estimate of drug-likeness (QED) is 0.383. The van der Waals surface area contributed by atoms with Crippen LogP contribution in [0.15, 0.2) is 36.4 Å². The van der Waals surface area contributed by atoms with Crippen molar-refractivity contribution in [2.45, 2.75) is 37.6 Å². The highest BCUT2D eigenvalue weighted by molar-refractivity contribution is 6.07. The molecule has 0 radical (unpaired) electrons. The van der Waals surface area contributed by atoms with Crippen LogP contribution in [0.5, 0.6) is 0 Å². The number of nitrogens with one attached hydrogen (secondary N) is 4. The Balaban J connectivity index is 1.11. The second kappa shape index (κ2) is 9.20. The molecule has 5 amide bonds. The number of amides is 5. The van der Waals surface area contributed by atoms with Gasteiger partial charge in [-0.1, -0.05) is 31.0 Å². The Hall–Kier alpha value is -3.36.